The zero-order valence-corrected chi connectivity index (χ0v) is 17.4. The van der Waals surface area contributed by atoms with Crippen molar-refractivity contribution in [3.05, 3.63) is 45.4 Å². The number of amides is 2. The maximum absolute atomic E-state index is 12.8. The first-order valence-corrected chi connectivity index (χ1v) is 9.86. The number of likely N-dealkylation sites (N-methyl/N-ethyl adjacent to an activating group) is 1. The Morgan fingerprint density at radius 1 is 1.22 bits per heavy atom. The minimum absolute atomic E-state index is 0.0417. The molecule has 0 radical (unpaired) electrons. The molecule has 0 aliphatic carbocycles. The number of nitrogens with zero attached hydrogens (tertiary/aromatic N) is 2. The maximum atomic E-state index is 12.8. The molecule has 1 aromatic heterocycles. The molecule has 7 heteroatoms. The molecule has 1 N–H and O–H groups in total. The van der Waals surface area contributed by atoms with Gasteiger partial charge in [0.15, 0.2) is 0 Å². The molecule has 0 fully saturated rings. The average Bonchev–Trinajstić information content (AvgIpc) is 2.98. The largest absolute Gasteiger partial charge is 0.486 e. The van der Waals surface area contributed by atoms with Gasteiger partial charge in [-0.2, -0.15) is 0 Å². The highest BCUT2D eigenvalue weighted by molar-refractivity contribution is 7.13. The third-order valence-electron chi connectivity index (χ3n) is 3.87. The third kappa shape index (κ3) is 6.06. The molecule has 2 aromatic rings. The van der Waals surface area contributed by atoms with E-state index in [0.717, 1.165) is 10.8 Å². The molecule has 0 atom stereocenters. The zero-order valence-electron chi connectivity index (χ0n) is 16.5. The topological polar surface area (TPSA) is 71.5 Å². The molecular weight excluding hydrogens is 362 g/mol. The molecule has 146 valence electrons. The van der Waals surface area contributed by atoms with Crippen molar-refractivity contribution >= 4 is 23.2 Å². The number of rotatable bonds is 8. The van der Waals surface area contributed by atoms with Crippen LogP contribution in [0.15, 0.2) is 24.3 Å². The Hall–Kier alpha value is -2.41. The van der Waals surface area contributed by atoms with Gasteiger partial charge in [-0.1, -0.05) is 17.7 Å². The molecule has 1 aromatic carbocycles. The predicted molar refractivity (Wildman–Crippen MR) is 107 cm³/mol. The van der Waals surface area contributed by atoms with E-state index >= 15 is 0 Å². The van der Waals surface area contributed by atoms with Crippen molar-refractivity contribution in [2.24, 2.45) is 0 Å². The summed E-state index contributed by atoms with van der Waals surface area (Å²) in [4.78, 5) is 31.4. The summed E-state index contributed by atoms with van der Waals surface area (Å²) in [6, 6.07) is 7.83. The maximum Gasteiger partial charge on any atom is 0.266 e. The first kappa shape index (κ1) is 20.9. The highest BCUT2D eigenvalue weighted by Gasteiger charge is 2.22. The van der Waals surface area contributed by atoms with Gasteiger partial charge >= 0.3 is 0 Å². The highest BCUT2D eigenvalue weighted by atomic mass is 32.1. The van der Waals surface area contributed by atoms with E-state index < -0.39 is 0 Å². The number of ether oxygens (including phenoxy) is 1. The second kappa shape index (κ2) is 9.50. The van der Waals surface area contributed by atoms with Crippen LogP contribution in [0.1, 0.15) is 46.7 Å². The van der Waals surface area contributed by atoms with Gasteiger partial charge in [0.05, 0.1) is 12.2 Å². The fourth-order valence-electron chi connectivity index (χ4n) is 2.50. The first-order chi connectivity index (χ1) is 12.8. The van der Waals surface area contributed by atoms with Crippen molar-refractivity contribution in [2.75, 3.05) is 13.1 Å². The van der Waals surface area contributed by atoms with Crippen LogP contribution in [0.4, 0.5) is 0 Å². The number of nitrogens with one attached hydrogen (secondary N) is 1. The third-order valence-corrected chi connectivity index (χ3v) is 4.99. The lowest BCUT2D eigenvalue weighted by Gasteiger charge is -2.20. The van der Waals surface area contributed by atoms with Gasteiger partial charge in [-0.3, -0.25) is 9.59 Å². The molecule has 0 aliphatic rings. The lowest BCUT2D eigenvalue weighted by atomic mass is 10.2. The molecule has 0 spiro atoms. The number of hydrogen-bond donors (Lipinski definition) is 1. The molecule has 6 nitrogen and oxygen atoms in total. The molecule has 0 unspecified atom stereocenters. The SMILES string of the molecule is CCN(CC(=O)NC(C)C)C(=O)c1sc(COc2ccc(C)cc2)nc1C. The van der Waals surface area contributed by atoms with Crippen LogP contribution < -0.4 is 10.1 Å². The Morgan fingerprint density at radius 3 is 2.48 bits per heavy atom. The highest BCUT2D eigenvalue weighted by Crippen LogP contribution is 2.22. The quantitative estimate of drug-likeness (QED) is 0.752. The van der Waals surface area contributed by atoms with Gasteiger partial charge in [-0.15, -0.1) is 11.3 Å². The second-order valence-corrected chi connectivity index (χ2v) is 7.75. The number of aryl methyl sites for hydroxylation is 2. The van der Waals surface area contributed by atoms with Crippen LogP contribution in [0, 0.1) is 13.8 Å². The Bertz CT molecular complexity index is 784. The van der Waals surface area contributed by atoms with E-state index in [9.17, 15) is 9.59 Å². The molecule has 0 saturated heterocycles. The van der Waals surface area contributed by atoms with Crippen LogP contribution in [-0.4, -0.2) is 40.8 Å². The number of carbonyl (C=O) groups excluding carboxylic acids is 2. The van der Waals surface area contributed by atoms with E-state index in [1.165, 1.54) is 21.8 Å². The van der Waals surface area contributed by atoms with Gasteiger partial charge in [0.2, 0.25) is 5.91 Å². The van der Waals surface area contributed by atoms with Crippen molar-refractivity contribution in [3.8, 4) is 5.75 Å². The minimum atomic E-state index is -0.173. The van der Waals surface area contributed by atoms with Crippen molar-refractivity contribution in [3.63, 3.8) is 0 Å². The fourth-order valence-corrected chi connectivity index (χ4v) is 3.45. The van der Waals surface area contributed by atoms with Crippen LogP contribution in [-0.2, 0) is 11.4 Å². The van der Waals surface area contributed by atoms with Gasteiger partial charge < -0.3 is 15.0 Å². The van der Waals surface area contributed by atoms with Gasteiger partial charge in [0, 0.05) is 12.6 Å². The van der Waals surface area contributed by atoms with E-state index in [4.69, 9.17) is 4.74 Å². The monoisotopic (exact) mass is 389 g/mol. The number of hydrogen-bond acceptors (Lipinski definition) is 5. The normalized spacial score (nSPS) is 10.7. The summed E-state index contributed by atoms with van der Waals surface area (Å²) in [5.74, 6) is 0.431. The van der Waals surface area contributed by atoms with Crippen molar-refractivity contribution < 1.29 is 14.3 Å². The number of benzene rings is 1. The van der Waals surface area contributed by atoms with Crippen molar-refractivity contribution in [2.45, 2.75) is 47.3 Å². The predicted octanol–water partition coefficient (Wildman–Crippen LogP) is 3.33. The molecule has 0 bridgehead atoms. The Labute approximate surface area is 164 Å². The summed E-state index contributed by atoms with van der Waals surface area (Å²) in [7, 11) is 0. The zero-order chi connectivity index (χ0) is 20.0. The van der Waals surface area contributed by atoms with E-state index in [1.54, 1.807) is 6.92 Å². The van der Waals surface area contributed by atoms with Gasteiger partial charge in [-0.25, -0.2) is 4.98 Å². The second-order valence-electron chi connectivity index (χ2n) is 6.67. The molecule has 0 aliphatic heterocycles. The van der Waals surface area contributed by atoms with E-state index in [2.05, 4.69) is 10.3 Å². The van der Waals surface area contributed by atoms with E-state index in [1.807, 2.05) is 52.0 Å². The Balaban J connectivity index is 2.03. The van der Waals surface area contributed by atoms with E-state index in [0.29, 0.717) is 23.7 Å². The van der Waals surface area contributed by atoms with Crippen LogP contribution in [0.25, 0.3) is 0 Å². The summed E-state index contributed by atoms with van der Waals surface area (Å²) in [6.07, 6.45) is 0. The summed E-state index contributed by atoms with van der Waals surface area (Å²) < 4.78 is 5.75. The molecular formula is C20H27N3O3S. The summed E-state index contributed by atoms with van der Waals surface area (Å²) in [5, 5.41) is 3.55. The number of thiazole rings is 1. The molecule has 1 heterocycles. The average molecular weight is 390 g/mol. The lowest BCUT2D eigenvalue weighted by molar-refractivity contribution is -0.122. The Kier molecular flexibility index (Phi) is 7.36. The van der Waals surface area contributed by atoms with Gasteiger partial charge in [0.25, 0.3) is 5.91 Å². The molecule has 0 saturated carbocycles. The van der Waals surface area contributed by atoms with Crippen LogP contribution in [0.3, 0.4) is 0 Å². The molecule has 2 amide bonds. The lowest BCUT2D eigenvalue weighted by Crippen LogP contribution is -2.42. The number of aromatic nitrogens is 1. The smallest absolute Gasteiger partial charge is 0.266 e. The fraction of sp³-hybridized carbons (Fsp3) is 0.450. The van der Waals surface area contributed by atoms with Gasteiger partial charge in [0.1, 0.15) is 22.2 Å². The van der Waals surface area contributed by atoms with Gasteiger partial charge in [-0.05, 0) is 46.8 Å². The Morgan fingerprint density at radius 2 is 1.89 bits per heavy atom. The van der Waals surface area contributed by atoms with E-state index in [-0.39, 0.29) is 24.4 Å². The van der Waals surface area contributed by atoms with Crippen LogP contribution in [0.5, 0.6) is 5.75 Å². The first-order valence-electron chi connectivity index (χ1n) is 9.04. The summed E-state index contributed by atoms with van der Waals surface area (Å²) in [5.41, 5.74) is 1.83. The molecule has 27 heavy (non-hydrogen) atoms. The standard InChI is InChI=1S/C20H27N3O3S/c1-6-23(11-17(24)21-13(2)3)20(25)19-15(5)22-18(27-19)12-26-16-9-7-14(4)8-10-16/h7-10,13H,6,11-12H2,1-5H3,(H,21,24). The minimum Gasteiger partial charge on any atom is -0.486 e. The van der Waals surface area contributed by atoms with Crippen LogP contribution in [0.2, 0.25) is 0 Å². The van der Waals surface area contributed by atoms with Crippen molar-refractivity contribution in [1.82, 2.24) is 15.2 Å². The number of carbonyl (C=O) groups is 2. The summed E-state index contributed by atoms with van der Waals surface area (Å²) >= 11 is 1.32. The van der Waals surface area contributed by atoms with Crippen LogP contribution >= 0.6 is 11.3 Å². The van der Waals surface area contributed by atoms with Crippen molar-refractivity contribution in [1.29, 1.82) is 0 Å². The molecule has 2 rings (SSSR count). The summed E-state index contributed by atoms with van der Waals surface area (Å²) in [6.45, 7) is 10.3.